The minimum absolute atomic E-state index is 0.218. The summed E-state index contributed by atoms with van der Waals surface area (Å²) in [5, 5.41) is 1.64. The molecule has 0 saturated carbocycles. The minimum Gasteiger partial charge on any atom is -0.393 e. The smallest absolute Gasteiger partial charge is 0.253 e. The first-order chi connectivity index (χ1) is 9.47. The van der Waals surface area contributed by atoms with E-state index in [0.717, 1.165) is 5.56 Å². The van der Waals surface area contributed by atoms with Gasteiger partial charge in [0.15, 0.2) is 0 Å². The third-order valence-electron chi connectivity index (χ3n) is 2.87. The monoisotopic (exact) mass is 315 g/mol. The van der Waals surface area contributed by atoms with E-state index in [2.05, 4.69) is 4.83 Å². The zero-order valence-electron chi connectivity index (χ0n) is 10.9. The van der Waals surface area contributed by atoms with Gasteiger partial charge in [0.05, 0.1) is 23.1 Å². The molecule has 3 N–H and O–H groups in total. The number of hydrogen-bond acceptors (Lipinski definition) is 5. The van der Waals surface area contributed by atoms with E-state index < -0.39 is 10.0 Å². The first-order valence-electron chi connectivity index (χ1n) is 6.20. The third-order valence-corrected chi connectivity index (χ3v) is 4.41. The first kappa shape index (κ1) is 15.3. The van der Waals surface area contributed by atoms with Crippen molar-refractivity contribution in [2.24, 2.45) is 5.73 Å². The van der Waals surface area contributed by atoms with Crippen molar-refractivity contribution in [1.82, 2.24) is 9.84 Å². The van der Waals surface area contributed by atoms with E-state index in [1.54, 1.807) is 29.3 Å². The summed E-state index contributed by atoms with van der Waals surface area (Å²) in [6, 6.07) is 6.53. The highest BCUT2D eigenvalue weighted by Crippen LogP contribution is 2.12. The van der Waals surface area contributed by atoms with Gasteiger partial charge in [-0.15, -0.1) is 4.83 Å². The lowest BCUT2D eigenvalue weighted by Crippen LogP contribution is -2.48. The van der Waals surface area contributed by atoms with Gasteiger partial charge in [-0.3, -0.25) is 0 Å². The van der Waals surface area contributed by atoms with Crippen LogP contribution in [0.2, 0.25) is 0 Å². The molecule has 1 aliphatic heterocycles. The molecule has 20 heavy (non-hydrogen) atoms. The van der Waals surface area contributed by atoms with Gasteiger partial charge in [0.25, 0.3) is 10.0 Å². The number of thiocarbonyl (C=S) groups is 1. The molecule has 0 spiro atoms. The molecule has 0 bridgehead atoms. The van der Waals surface area contributed by atoms with Crippen molar-refractivity contribution in [3.05, 3.63) is 29.8 Å². The quantitative estimate of drug-likeness (QED) is 0.747. The molecule has 0 aliphatic carbocycles. The Morgan fingerprint density at radius 2 is 1.90 bits per heavy atom. The Morgan fingerprint density at radius 3 is 2.45 bits per heavy atom. The largest absolute Gasteiger partial charge is 0.393 e. The van der Waals surface area contributed by atoms with E-state index in [9.17, 15) is 8.42 Å². The highest BCUT2D eigenvalue weighted by atomic mass is 32.2. The molecule has 1 aromatic carbocycles. The summed E-state index contributed by atoms with van der Waals surface area (Å²) < 4.78 is 29.6. The lowest BCUT2D eigenvalue weighted by Gasteiger charge is -2.26. The Bertz CT molecular complexity index is 566. The van der Waals surface area contributed by atoms with Gasteiger partial charge in [-0.2, -0.15) is 0 Å². The molecule has 0 atom stereocenters. The fraction of sp³-hybridized carbons (Fsp3) is 0.417. The molecule has 1 saturated heterocycles. The van der Waals surface area contributed by atoms with Gasteiger partial charge in [-0.05, 0) is 17.7 Å². The van der Waals surface area contributed by atoms with Gasteiger partial charge in [0.2, 0.25) is 0 Å². The van der Waals surface area contributed by atoms with E-state index in [0.29, 0.717) is 37.7 Å². The normalized spacial score (nSPS) is 17.0. The Kier molecular flexibility index (Phi) is 5.06. The summed E-state index contributed by atoms with van der Waals surface area (Å²) in [6.07, 6.45) is 0.465. The van der Waals surface area contributed by atoms with E-state index in [1.807, 2.05) is 0 Å². The highest BCUT2D eigenvalue weighted by Gasteiger charge is 2.19. The maximum Gasteiger partial charge on any atom is 0.253 e. The van der Waals surface area contributed by atoms with Crippen molar-refractivity contribution in [2.45, 2.75) is 11.3 Å². The predicted octanol–water partition coefficient (Wildman–Crippen LogP) is 0.0407. The number of hydrogen-bond donors (Lipinski definition) is 2. The number of morpholine rings is 1. The van der Waals surface area contributed by atoms with Crippen molar-refractivity contribution < 1.29 is 13.2 Å². The van der Waals surface area contributed by atoms with Gasteiger partial charge in [-0.25, -0.2) is 13.4 Å². The van der Waals surface area contributed by atoms with Crippen LogP contribution in [0.3, 0.4) is 0 Å². The number of benzene rings is 1. The van der Waals surface area contributed by atoms with Gasteiger partial charge >= 0.3 is 0 Å². The zero-order chi connectivity index (χ0) is 14.6. The SMILES string of the molecule is NC(=S)Cc1ccc(S(=O)(=O)NN2CCOCC2)cc1. The highest BCUT2D eigenvalue weighted by molar-refractivity contribution is 7.89. The topological polar surface area (TPSA) is 84.7 Å². The number of hydrazine groups is 1. The van der Waals surface area contributed by atoms with Gasteiger partial charge < -0.3 is 10.5 Å². The van der Waals surface area contributed by atoms with Crippen LogP contribution in [-0.2, 0) is 21.2 Å². The second-order valence-electron chi connectivity index (χ2n) is 4.48. The molecular formula is C12H17N3O3S2. The fourth-order valence-corrected chi connectivity index (χ4v) is 3.15. The average Bonchev–Trinajstić information content (AvgIpc) is 2.39. The second kappa shape index (κ2) is 6.59. The molecule has 6 nitrogen and oxygen atoms in total. The maximum atomic E-state index is 12.2. The van der Waals surface area contributed by atoms with Crippen LogP contribution < -0.4 is 10.6 Å². The Hall–Kier alpha value is -1.06. The summed E-state index contributed by atoms with van der Waals surface area (Å²) in [5.41, 5.74) is 6.35. The van der Waals surface area contributed by atoms with E-state index in [-0.39, 0.29) is 4.90 Å². The van der Waals surface area contributed by atoms with E-state index >= 15 is 0 Å². The predicted molar refractivity (Wildman–Crippen MR) is 79.6 cm³/mol. The van der Waals surface area contributed by atoms with Crippen LogP contribution in [0.15, 0.2) is 29.2 Å². The number of nitrogens with two attached hydrogens (primary N) is 1. The molecule has 0 aromatic heterocycles. The van der Waals surface area contributed by atoms with Crippen LogP contribution in [0, 0.1) is 0 Å². The minimum atomic E-state index is -3.55. The van der Waals surface area contributed by atoms with Gasteiger partial charge in [0, 0.05) is 19.5 Å². The van der Waals surface area contributed by atoms with Crippen molar-refractivity contribution in [3.8, 4) is 0 Å². The molecule has 2 rings (SSSR count). The van der Waals surface area contributed by atoms with Crippen LogP contribution in [0.25, 0.3) is 0 Å². The molecule has 0 unspecified atom stereocenters. The lowest BCUT2D eigenvalue weighted by molar-refractivity contribution is 0.0272. The summed E-state index contributed by atoms with van der Waals surface area (Å²) in [4.78, 5) is 3.15. The Labute approximate surface area is 123 Å². The summed E-state index contributed by atoms with van der Waals surface area (Å²) >= 11 is 4.82. The number of sulfonamides is 1. The van der Waals surface area contributed by atoms with Gasteiger partial charge in [0.1, 0.15) is 0 Å². The van der Waals surface area contributed by atoms with Crippen LogP contribution in [0.4, 0.5) is 0 Å². The average molecular weight is 315 g/mol. The van der Waals surface area contributed by atoms with Crippen LogP contribution >= 0.6 is 12.2 Å². The number of nitrogens with zero attached hydrogens (tertiary/aromatic N) is 1. The second-order valence-corrected chi connectivity index (χ2v) is 6.67. The Balaban J connectivity index is 2.06. The van der Waals surface area contributed by atoms with Crippen LogP contribution in [0.5, 0.6) is 0 Å². The summed E-state index contributed by atoms with van der Waals surface area (Å²) in [7, 11) is -3.55. The van der Waals surface area contributed by atoms with E-state index in [1.165, 1.54) is 0 Å². The third kappa shape index (κ3) is 4.22. The molecular weight excluding hydrogens is 298 g/mol. The van der Waals surface area contributed by atoms with Crippen LogP contribution in [0.1, 0.15) is 5.56 Å². The molecule has 1 heterocycles. The molecule has 0 amide bonds. The fourth-order valence-electron chi connectivity index (χ4n) is 1.86. The molecule has 1 fully saturated rings. The van der Waals surface area contributed by atoms with Crippen molar-refractivity contribution in [2.75, 3.05) is 26.3 Å². The van der Waals surface area contributed by atoms with Crippen LogP contribution in [-0.4, -0.2) is 44.7 Å². The number of nitrogens with one attached hydrogen (secondary N) is 1. The molecule has 0 radical (unpaired) electrons. The molecule has 1 aromatic rings. The van der Waals surface area contributed by atoms with Crippen molar-refractivity contribution in [1.29, 1.82) is 0 Å². The van der Waals surface area contributed by atoms with E-state index in [4.69, 9.17) is 22.7 Å². The zero-order valence-corrected chi connectivity index (χ0v) is 12.5. The maximum absolute atomic E-state index is 12.2. The van der Waals surface area contributed by atoms with Crippen molar-refractivity contribution in [3.63, 3.8) is 0 Å². The lowest BCUT2D eigenvalue weighted by atomic mass is 10.1. The van der Waals surface area contributed by atoms with Gasteiger partial charge in [-0.1, -0.05) is 24.4 Å². The number of ether oxygens (including phenoxy) is 1. The Morgan fingerprint density at radius 1 is 1.30 bits per heavy atom. The molecule has 110 valence electrons. The summed E-state index contributed by atoms with van der Waals surface area (Å²) in [5.74, 6) is 0. The standard InChI is InChI=1S/C12H17N3O3S2/c13-12(19)9-10-1-3-11(4-2-10)20(16,17)14-15-5-7-18-8-6-15/h1-4,14H,5-9H2,(H2,13,19). The summed E-state index contributed by atoms with van der Waals surface area (Å²) in [6.45, 7) is 2.13. The molecule has 8 heteroatoms. The first-order valence-corrected chi connectivity index (χ1v) is 8.09. The molecule has 1 aliphatic rings. The van der Waals surface area contributed by atoms with Crippen molar-refractivity contribution >= 4 is 27.2 Å². The number of rotatable bonds is 5.